The molecule has 0 saturated heterocycles. The predicted molar refractivity (Wildman–Crippen MR) is 81.5 cm³/mol. The maximum absolute atomic E-state index is 13.8. The van der Waals surface area contributed by atoms with Gasteiger partial charge in [0.1, 0.15) is 11.6 Å². The van der Waals surface area contributed by atoms with Gasteiger partial charge in [0, 0.05) is 11.6 Å². The molecule has 124 valence electrons. The van der Waals surface area contributed by atoms with E-state index in [0.717, 1.165) is 12.1 Å². The van der Waals surface area contributed by atoms with E-state index in [0.29, 0.717) is 12.8 Å². The first-order valence-corrected chi connectivity index (χ1v) is 6.69. The minimum absolute atomic E-state index is 0. The van der Waals surface area contributed by atoms with Crippen LogP contribution in [0.3, 0.4) is 0 Å². The van der Waals surface area contributed by atoms with Crippen molar-refractivity contribution in [1.82, 2.24) is 10.6 Å². The SMILES string of the molecule is CCCC(NC(=O)CNC(=O)CN)c1ccc(F)cc1F.Cl. The summed E-state index contributed by atoms with van der Waals surface area (Å²) in [6.45, 7) is 1.44. The predicted octanol–water partition coefficient (Wildman–Crippen LogP) is 1.42. The van der Waals surface area contributed by atoms with Crippen LogP contribution in [0.5, 0.6) is 0 Å². The molecule has 22 heavy (non-hydrogen) atoms. The highest BCUT2D eigenvalue weighted by molar-refractivity contribution is 5.85. The Hall–Kier alpha value is -1.73. The van der Waals surface area contributed by atoms with Gasteiger partial charge < -0.3 is 16.4 Å². The van der Waals surface area contributed by atoms with Gasteiger partial charge in [-0.15, -0.1) is 12.4 Å². The Kier molecular flexibility index (Phi) is 9.28. The van der Waals surface area contributed by atoms with Gasteiger partial charge in [-0.3, -0.25) is 9.59 Å². The molecule has 0 saturated carbocycles. The van der Waals surface area contributed by atoms with Gasteiger partial charge in [0.2, 0.25) is 11.8 Å². The molecule has 1 aromatic rings. The van der Waals surface area contributed by atoms with Crippen LogP contribution in [0, 0.1) is 11.6 Å². The Morgan fingerprint density at radius 1 is 1.27 bits per heavy atom. The van der Waals surface area contributed by atoms with Crippen LogP contribution in [0.1, 0.15) is 31.4 Å². The number of hydrogen-bond donors (Lipinski definition) is 3. The number of nitrogens with two attached hydrogens (primary N) is 1. The molecule has 0 aliphatic carbocycles. The Morgan fingerprint density at radius 3 is 2.50 bits per heavy atom. The number of benzene rings is 1. The van der Waals surface area contributed by atoms with Crippen LogP contribution in [0.15, 0.2) is 18.2 Å². The van der Waals surface area contributed by atoms with Crippen molar-refractivity contribution in [3.63, 3.8) is 0 Å². The molecule has 5 nitrogen and oxygen atoms in total. The van der Waals surface area contributed by atoms with Gasteiger partial charge in [-0.2, -0.15) is 0 Å². The molecule has 8 heteroatoms. The van der Waals surface area contributed by atoms with Crippen LogP contribution in [-0.2, 0) is 9.59 Å². The van der Waals surface area contributed by atoms with E-state index in [-0.39, 0.29) is 31.1 Å². The quantitative estimate of drug-likeness (QED) is 0.704. The molecule has 1 rings (SSSR count). The smallest absolute Gasteiger partial charge is 0.239 e. The molecule has 0 aliphatic heterocycles. The number of carbonyl (C=O) groups excluding carboxylic acids is 2. The normalized spacial score (nSPS) is 11.3. The topological polar surface area (TPSA) is 84.2 Å². The molecule has 0 aromatic heterocycles. The van der Waals surface area contributed by atoms with E-state index in [4.69, 9.17) is 5.73 Å². The van der Waals surface area contributed by atoms with Crippen molar-refractivity contribution in [2.45, 2.75) is 25.8 Å². The summed E-state index contributed by atoms with van der Waals surface area (Å²) >= 11 is 0. The standard InChI is InChI=1S/C14H19F2N3O2.ClH/c1-2-3-12(10-5-4-9(15)6-11(10)16)19-14(21)8-18-13(20)7-17;/h4-6,12H,2-3,7-8,17H2,1H3,(H,18,20)(H,19,21);1H. The van der Waals surface area contributed by atoms with Gasteiger partial charge in [0.15, 0.2) is 0 Å². The Morgan fingerprint density at radius 2 is 1.95 bits per heavy atom. The van der Waals surface area contributed by atoms with Crippen LogP contribution in [0.4, 0.5) is 8.78 Å². The Labute approximate surface area is 134 Å². The third kappa shape index (κ3) is 6.36. The maximum Gasteiger partial charge on any atom is 0.239 e. The second-order valence-corrected chi connectivity index (χ2v) is 4.56. The minimum Gasteiger partial charge on any atom is -0.348 e. The van der Waals surface area contributed by atoms with Crippen molar-refractivity contribution in [2.75, 3.05) is 13.1 Å². The van der Waals surface area contributed by atoms with Gasteiger partial charge in [0.25, 0.3) is 0 Å². The van der Waals surface area contributed by atoms with Gasteiger partial charge in [-0.1, -0.05) is 19.4 Å². The van der Waals surface area contributed by atoms with E-state index < -0.39 is 29.5 Å². The fourth-order valence-electron chi connectivity index (χ4n) is 1.87. The lowest BCUT2D eigenvalue weighted by Crippen LogP contribution is -2.40. The monoisotopic (exact) mass is 335 g/mol. The Balaban J connectivity index is 0.00000441. The molecule has 1 aromatic carbocycles. The van der Waals surface area contributed by atoms with Gasteiger partial charge in [-0.25, -0.2) is 8.78 Å². The fraction of sp³-hybridized carbons (Fsp3) is 0.429. The second kappa shape index (κ2) is 10.1. The first-order chi connectivity index (χ1) is 9.97. The zero-order valence-electron chi connectivity index (χ0n) is 12.2. The largest absolute Gasteiger partial charge is 0.348 e. The zero-order chi connectivity index (χ0) is 15.8. The lowest BCUT2D eigenvalue weighted by Gasteiger charge is -2.19. The average molecular weight is 336 g/mol. The lowest BCUT2D eigenvalue weighted by molar-refractivity contribution is -0.125. The average Bonchev–Trinajstić information content (AvgIpc) is 2.44. The minimum atomic E-state index is -0.709. The van der Waals surface area contributed by atoms with Crippen molar-refractivity contribution in [2.24, 2.45) is 5.73 Å². The number of hydrogen-bond acceptors (Lipinski definition) is 3. The highest BCUT2D eigenvalue weighted by Crippen LogP contribution is 2.22. The van der Waals surface area contributed by atoms with Gasteiger partial charge >= 0.3 is 0 Å². The first-order valence-electron chi connectivity index (χ1n) is 6.69. The summed E-state index contributed by atoms with van der Waals surface area (Å²) in [5.74, 6) is -2.29. The van der Waals surface area contributed by atoms with E-state index in [1.54, 1.807) is 0 Å². The number of nitrogens with one attached hydrogen (secondary N) is 2. The first kappa shape index (κ1) is 20.3. The molecule has 1 atom stereocenters. The van der Waals surface area contributed by atoms with Gasteiger partial charge in [0.05, 0.1) is 19.1 Å². The summed E-state index contributed by atoms with van der Waals surface area (Å²) in [5, 5.41) is 4.94. The summed E-state index contributed by atoms with van der Waals surface area (Å²) in [6.07, 6.45) is 1.20. The summed E-state index contributed by atoms with van der Waals surface area (Å²) in [7, 11) is 0. The molecule has 0 bridgehead atoms. The summed E-state index contributed by atoms with van der Waals surface area (Å²) in [6, 6.07) is 2.66. The zero-order valence-corrected chi connectivity index (χ0v) is 13.0. The van der Waals surface area contributed by atoms with Crippen molar-refractivity contribution < 1.29 is 18.4 Å². The third-order valence-electron chi connectivity index (χ3n) is 2.88. The molecule has 0 radical (unpaired) electrons. The van der Waals surface area contributed by atoms with Crippen LogP contribution >= 0.6 is 12.4 Å². The molecule has 0 aliphatic rings. The summed E-state index contributed by atoms with van der Waals surface area (Å²) in [4.78, 5) is 22.7. The molecule has 4 N–H and O–H groups in total. The summed E-state index contributed by atoms with van der Waals surface area (Å²) < 4.78 is 26.7. The van der Waals surface area contributed by atoms with E-state index in [1.807, 2.05) is 6.92 Å². The van der Waals surface area contributed by atoms with Crippen LogP contribution in [0.2, 0.25) is 0 Å². The third-order valence-corrected chi connectivity index (χ3v) is 2.88. The van der Waals surface area contributed by atoms with Crippen LogP contribution < -0.4 is 16.4 Å². The molecular weight excluding hydrogens is 316 g/mol. The van der Waals surface area contributed by atoms with Crippen molar-refractivity contribution in [1.29, 1.82) is 0 Å². The number of rotatable bonds is 7. The van der Waals surface area contributed by atoms with Crippen LogP contribution in [-0.4, -0.2) is 24.9 Å². The molecule has 1 unspecified atom stereocenters. The van der Waals surface area contributed by atoms with E-state index in [9.17, 15) is 18.4 Å². The van der Waals surface area contributed by atoms with Crippen LogP contribution in [0.25, 0.3) is 0 Å². The molecule has 0 spiro atoms. The molecule has 0 fully saturated rings. The lowest BCUT2D eigenvalue weighted by atomic mass is 10.0. The van der Waals surface area contributed by atoms with Crippen molar-refractivity contribution >= 4 is 24.2 Å². The molecule has 2 amide bonds. The van der Waals surface area contributed by atoms with Crippen molar-refractivity contribution in [3.05, 3.63) is 35.4 Å². The fourth-order valence-corrected chi connectivity index (χ4v) is 1.87. The van der Waals surface area contributed by atoms with Gasteiger partial charge in [-0.05, 0) is 12.5 Å². The maximum atomic E-state index is 13.8. The highest BCUT2D eigenvalue weighted by atomic mass is 35.5. The molecular formula is C14H20ClF2N3O2. The Bertz CT molecular complexity index is 515. The van der Waals surface area contributed by atoms with Crippen molar-refractivity contribution in [3.8, 4) is 0 Å². The van der Waals surface area contributed by atoms with E-state index in [2.05, 4.69) is 10.6 Å². The number of carbonyl (C=O) groups is 2. The highest BCUT2D eigenvalue weighted by Gasteiger charge is 2.18. The summed E-state index contributed by atoms with van der Waals surface area (Å²) in [5.41, 5.74) is 5.32. The van der Waals surface area contributed by atoms with E-state index in [1.165, 1.54) is 6.07 Å². The number of amides is 2. The number of halogens is 3. The van der Waals surface area contributed by atoms with E-state index >= 15 is 0 Å². The molecule has 0 heterocycles. The second-order valence-electron chi connectivity index (χ2n) is 4.56.